The van der Waals surface area contributed by atoms with Crippen LogP contribution in [0.15, 0.2) is 0 Å². The van der Waals surface area contributed by atoms with Gasteiger partial charge in [0.25, 0.3) is 5.97 Å². The normalized spacial score (nSPS) is 6.54. The van der Waals surface area contributed by atoms with Crippen molar-refractivity contribution in [2.45, 2.75) is 19.8 Å². The third kappa shape index (κ3) is 184. The lowest BCUT2D eigenvalue weighted by atomic mass is 10.3. The van der Waals surface area contributed by atoms with Crippen LogP contribution in [0.5, 0.6) is 0 Å². The Morgan fingerprint density at radius 1 is 1.15 bits per heavy atom. The smallest absolute Gasteiger partial charge is 0.300 e. The predicted molar refractivity (Wildman–Crippen MR) is 55.8 cm³/mol. The van der Waals surface area contributed by atoms with Crippen LogP contribution >= 0.6 is 0 Å². The number of carboxylic acid groups (broad SMARTS) is 1. The monoisotopic (exact) mass is 196 g/mol. The molecule has 0 spiro atoms. The van der Waals surface area contributed by atoms with E-state index in [1.807, 2.05) is 0 Å². The molecule has 0 heterocycles. The lowest BCUT2D eigenvalue weighted by Gasteiger charge is -1.87. The Morgan fingerprint density at radius 3 is 1.38 bits per heavy atom. The highest BCUT2D eigenvalue weighted by Crippen LogP contribution is 1.77. The summed E-state index contributed by atoms with van der Waals surface area (Å²) in [6.07, 6.45) is 2.13. The fourth-order valence-electron chi connectivity index (χ4n) is 0.289. The molecule has 0 fully saturated rings. The number of hydrogen-bond acceptors (Lipinski definition) is 5. The Hall–Kier alpha value is -0.690. The number of nitrogens with two attached hydrogens (primary N) is 3. The Kier molecular flexibility index (Phi) is 53.0. The third-order valence-corrected chi connectivity index (χ3v) is 0.658. The molecule has 0 unspecified atom stereocenters. The van der Waals surface area contributed by atoms with E-state index in [0.29, 0.717) is 0 Å². The summed E-state index contributed by atoms with van der Waals surface area (Å²) in [7, 11) is 1.50. The minimum Gasteiger partial charge on any atom is -0.481 e. The summed E-state index contributed by atoms with van der Waals surface area (Å²) in [5.74, 6) is -0.833. The van der Waals surface area contributed by atoms with Gasteiger partial charge in [-0.15, -0.1) is 0 Å². The van der Waals surface area contributed by atoms with Gasteiger partial charge in [0, 0.05) is 6.92 Å². The number of carbonyl (C=O) groups is 1. The van der Waals surface area contributed by atoms with Gasteiger partial charge in [-0.3, -0.25) is 4.79 Å². The molecular weight excluding hydrogens is 172 g/mol. The number of unbranched alkanes of at least 4 members (excludes halogenated alkanes) is 1. The molecule has 6 nitrogen and oxygen atoms in total. The fourth-order valence-corrected chi connectivity index (χ4v) is 0.289. The van der Waals surface area contributed by atoms with Crippen LogP contribution in [-0.2, 0) is 4.79 Å². The predicted octanol–water partition coefficient (Wildman–Crippen LogP) is -0.488. The summed E-state index contributed by atoms with van der Waals surface area (Å²) in [5.41, 5.74) is 14.8. The third-order valence-electron chi connectivity index (χ3n) is 0.658. The molecule has 0 saturated heterocycles. The number of carboxylic acids is 1. The largest absolute Gasteiger partial charge is 0.481 e. The van der Waals surface area contributed by atoms with Gasteiger partial charge in [-0.25, -0.2) is 0 Å². The van der Waals surface area contributed by atoms with Gasteiger partial charge in [-0.1, -0.05) is 0 Å². The molecule has 0 atom stereocenters. The zero-order valence-electron chi connectivity index (χ0n) is 8.62. The fraction of sp³-hybridized carbons (Fsp3) is 0.857. The van der Waals surface area contributed by atoms with Gasteiger partial charge in [-0.05, 0) is 33.0 Å². The van der Waals surface area contributed by atoms with Gasteiger partial charge in [0.05, 0.1) is 0 Å². The number of rotatable bonds is 3. The summed E-state index contributed by atoms with van der Waals surface area (Å²) in [6.45, 7) is 2.63. The van der Waals surface area contributed by atoms with Crippen LogP contribution in [0.2, 0.25) is 0 Å². The minimum atomic E-state index is -0.833. The molecule has 0 aromatic heterocycles. The molecule has 0 bridgehead atoms. The first kappa shape index (κ1) is 22.8. The first-order valence-electron chi connectivity index (χ1n) is 3.82. The van der Waals surface area contributed by atoms with Gasteiger partial charge in [0.2, 0.25) is 0 Å². The molecule has 6 heteroatoms. The van der Waals surface area contributed by atoms with E-state index in [0.717, 1.165) is 32.9 Å². The van der Waals surface area contributed by atoms with Crippen molar-refractivity contribution < 1.29 is 9.90 Å². The van der Waals surface area contributed by atoms with E-state index in [2.05, 4.69) is 5.73 Å². The van der Waals surface area contributed by atoms with Crippen molar-refractivity contribution >= 4 is 5.97 Å². The topological polar surface area (TPSA) is 150 Å². The molecule has 10 N–H and O–H groups in total. The van der Waals surface area contributed by atoms with E-state index in [9.17, 15) is 0 Å². The second-order valence-corrected chi connectivity index (χ2v) is 1.80. The summed E-state index contributed by atoms with van der Waals surface area (Å²) < 4.78 is 0. The maximum Gasteiger partial charge on any atom is 0.300 e. The molecule has 0 aliphatic heterocycles. The second-order valence-electron chi connectivity index (χ2n) is 1.80. The van der Waals surface area contributed by atoms with E-state index in [4.69, 9.17) is 21.4 Å². The SMILES string of the molecule is CC(=O)O.CN.N.NCCCCN. The summed E-state index contributed by atoms with van der Waals surface area (Å²) >= 11 is 0. The average molecular weight is 196 g/mol. The standard InChI is InChI=1S/C4H12N2.C2H4O2.CH5N.H3N/c5-3-1-2-4-6;1-2(3)4;1-2;/h1-6H2;1H3,(H,3,4);2H2,1H3;1H3. The molecule has 0 saturated carbocycles. The highest BCUT2D eigenvalue weighted by molar-refractivity contribution is 5.62. The average Bonchev–Trinajstić information content (AvgIpc) is 2.04. The molecule has 84 valence electrons. The van der Waals surface area contributed by atoms with E-state index in [-0.39, 0.29) is 6.15 Å². The molecule has 0 amide bonds. The molecular formula is C7H24N4O2. The lowest BCUT2D eigenvalue weighted by Crippen LogP contribution is -2.03. The lowest BCUT2D eigenvalue weighted by molar-refractivity contribution is -0.134. The van der Waals surface area contributed by atoms with Crippen LogP contribution in [0.4, 0.5) is 0 Å². The van der Waals surface area contributed by atoms with E-state index in [1.165, 1.54) is 7.05 Å². The van der Waals surface area contributed by atoms with Crippen LogP contribution in [-0.4, -0.2) is 31.2 Å². The molecule has 0 rings (SSSR count). The Labute approximate surface area is 80.1 Å². The first-order chi connectivity index (χ1) is 5.65. The molecule has 0 aromatic carbocycles. The molecule has 0 radical (unpaired) electrons. The molecule has 0 aliphatic rings. The van der Waals surface area contributed by atoms with Crippen molar-refractivity contribution in [1.29, 1.82) is 0 Å². The summed E-state index contributed by atoms with van der Waals surface area (Å²) in [4.78, 5) is 9.00. The first-order valence-corrected chi connectivity index (χ1v) is 3.82. The molecule has 13 heavy (non-hydrogen) atoms. The van der Waals surface area contributed by atoms with Crippen LogP contribution < -0.4 is 23.4 Å². The van der Waals surface area contributed by atoms with Crippen molar-refractivity contribution in [3.63, 3.8) is 0 Å². The van der Waals surface area contributed by atoms with Crippen molar-refractivity contribution in [2.75, 3.05) is 20.1 Å². The van der Waals surface area contributed by atoms with Crippen molar-refractivity contribution in [1.82, 2.24) is 6.15 Å². The highest BCUT2D eigenvalue weighted by atomic mass is 16.4. The maximum absolute atomic E-state index is 9.00. The van der Waals surface area contributed by atoms with Gasteiger partial charge in [0.1, 0.15) is 0 Å². The zero-order valence-corrected chi connectivity index (χ0v) is 8.62. The molecule has 0 aromatic rings. The quantitative estimate of drug-likeness (QED) is 0.384. The van der Waals surface area contributed by atoms with E-state index in [1.54, 1.807) is 0 Å². The Bertz CT molecular complexity index is 72.9. The Morgan fingerprint density at radius 2 is 1.31 bits per heavy atom. The zero-order chi connectivity index (χ0) is 10.4. The maximum atomic E-state index is 9.00. The Balaban J connectivity index is -0.0000000512. The van der Waals surface area contributed by atoms with Gasteiger partial charge < -0.3 is 28.5 Å². The van der Waals surface area contributed by atoms with Gasteiger partial charge in [0.15, 0.2) is 0 Å². The van der Waals surface area contributed by atoms with Crippen molar-refractivity contribution in [3.05, 3.63) is 0 Å². The second kappa shape index (κ2) is 30.2. The minimum absolute atomic E-state index is 0. The van der Waals surface area contributed by atoms with Crippen LogP contribution in [0.3, 0.4) is 0 Å². The van der Waals surface area contributed by atoms with E-state index >= 15 is 0 Å². The summed E-state index contributed by atoms with van der Waals surface area (Å²) in [6, 6.07) is 0. The van der Waals surface area contributed by atoms with Crippen LogP contribution in [0.1, 0.15) is 19.8 Å². The number of hydrogen-bond donors (Lipinski definition) is 5. The number of aliphatic carboxylic acids is 1. The van der Waals surface area contributed by atoms with Crippen molar-refractivity contribution in [3.8, 4) is 0 Å². The van der Waals surface area contributed by atoms with Crippen LogP contribution in [0.25, 0.3) is 0 Å². The van der Waals surface area contributed by atoms with Gasteiger partial charge >= 0.3 is 0 Å². The van der Waals surface area contributed by atoms with Gasteiger partial charge in [-0.2, -0.15) is 0 Å². The van der Waals surface area contributed by atoms with E-state index < -0.39 is 5.97 Å². The van der Waals surface area contributed by atoms with Crippen molar-refractivity contribution in [2.24, 2.45) is 17.2 Å². The van der Waals surface area contributed by atoms with Crippen LogP contribution in [0, 0.1) is 0 Å². The summed E-state index contributed by atoms with van der Waals surface area (Å²) in [5, 5.41) is 7.42. The highest BCUT2D eigenvalue weighted by Gasteiger charge is 1.75. The molecule has 0 aliphatic carbocycles.